The number of nitrogens with zero attached hydrogens (tertiary/aromatic N) is 2. The molecule has 0 aliphatic carbocycles. The Hall–Kier alpha value is -2.00. The number of benzene rings is 2. The second-order valence-electron chi connectivity index (χ2n) is 7.39. The average molecular weight is 352 g/mol. The van der Waals surface area contributed by atoms with Gasteiger partial charge in [0.15, 0.2) is 5.37 Å². The summed E-state index contributed by atoms with van der Waals surface area (Å²) in [6.45, 7) is 9.07. The van der Waals surface area contributed by atoms with Gasteiger partial charge in [-0.3, -0.25) is 0 Å². The van der Waals surface area contributed by atoms with Crippen molar-refractivity contribution < 1.29 is 4.57 Å². The van der Waals surface area contributed by atoms with Crippen LogP contribution in [0.4, 0.5) is 0 Å². The minimum Gasteiger partial charge on any atom is -0.230 e. The number of thioether (sulfide) groups is 1. The van der Waals surface area contributed by atoms with Gasteiger partial charge in [-0.15, -0.1) is 11.8 Å². The molecule has 1 heterocycles. The molecular weight excluding hydrogens is 324 g/mol. The van der Waals surface area contributed by atoms with Crippen LogP contribution in [0.2, 0.25) is 0 Å². The minimum absolute atomic E-state index is 0.181. The highest BCUT2D eigenvalue weighted by atomic mass is 32.2. The Morgan fingerprint density at radius 1 is 0.880 bits per heavy atom. The lowest BCUT2D eigenvalue weighted by Crippen LogP contribution is -2.38. The summed E-state index contributed by atoms with van der Waals surface area (Å²) in [5, 5.41) is 0.269. The third-order valence-electron chi connectivity index (χ3n) is 4.23. The van der Waals surface area contributed by atoms with E-state index in [1.807, 2.05) is 11.8 Å². The van der Waals surface area contributed by atoms with Gasteiger partial charge in [-0.2, -0.15) is 0 Å². The van der Waals surface area contributed by atoms with Gasteiger partial charge in [0.25, 0.3) is 0 Å². The van der Waals surface area contributed by atoms with E-state index in [2.05, 4.69) is 116 Å². The molecule has 0 saturated heterocycles. The van der Waals surface area contributed by atoms with E-state index in [0.29, 0.717) is 6.04 Å². The molecule has 1 aromatic heterocycles. The predicted octanol–water partition coefficient (Wildman–Crippen LogP) is 5.46. The highest BCUT2D eigenvalue weighted by molar-refractivity contribution is 8.00. The molecule has 3 rings (SSSR count). The molecule has 0 spiro atoms. The number of hydrogen-bond acceptors (Lipinski definition) is 1. The van der Waals surface area contributed by atoms with Crippen molar-refractivity contribution in [2.75, 3.05) is 0 Å². The molecule has 25 heavy (non-hydrogen) atoms. The van der Waals surface area contributed by atoms with E-state index in [4.69, 9.17) is 0 Å². The van der Waals surface area contributed by atoms with Crippen molar-refractivity contribution in [2.24, 2.45) is 0 Å². The van der Waals surface area contributed by atoms with Crippen molar-refractivity contribution in [3.8, 4) is 0 Å². The van der Waals surface area contributed by atoms with Gasteiger partial charge in [0.1, 0.15) is 18.4 Å². The number of rotatable bonds is 5. The van der Waals surface area contributed by atoms with Gasteiger partial charge in [0.05, 0.1) is 0 Å². The summed E-state index contributed by atoms with van der Waals surface area (Å²) >= 11 is 1.98. The third-order valence-corrected chi connectivity index (χ3v) is 5.67. The lowest BCUT2D eigenvalue weighted by Gasteiger charge is -2.23. The van der Waals surface area contributed by atoms with Gasteiger partial charge in [-0.05, 0) is 12.5 Å². The Kier molecular flexibility index (Phi) is 5.33. The summed E-state index contributed by atoms with van der Waals surface area (Å²) in [5.74, 6) is 0. The first-order valence-electron chi connectivity index (χ1n) is 8.80. The monoisotopic (exact) mass is 351 g/mol. The zero-order valence-electron chi connectivity index (χ0n) is 15.5. The van der Waals surface area contributed by atoms with E-state index in [1.165, 1.54) is 11.1 Å². The van der Waals surface area contributed by atoms with Crippen molar-refractivity contribution in [2.45, 2.75) is 43.9 Å². The van der Waals surface area contributed by atoms with Crippen LogP contribution in [0, 0.1) is 0 Å². The Labute approximate surface area is 155 Å². The van der Waals surface area contributed by atoms with Gasteiger partial charge in [-0.25, -0.2) is 9.13 Å². The molecule has 0 radical (unpaired) electrons. The smallest absolute Gasteiger partial charge is 0.230 e. The predicted molar refractivity (Wildman–Crippen MR) is 107 cm³/mol. The first-order chi connectivity index (χ1) is 11.9. The maximum Gasteiger partial charge on any atom is 0.245 e. The molecular formula is C22H27N2S+. The largest absolute Gasteiger partial charge is 0.245 e. The maximum absolute atomic E-state index is 2.32. The van der Waals surface area contributed by atoms with Gasteiger partial charge in [-0.1, -0.05) is 81.4 Å². The number of hydrogen-bond donors (Lipinski definition) is 0. The minimum atomic E-state index is 0.181. The Morgan fingerprint density at radius 2 is 1.44 bits per heavy atom. The van der Waals surface area contributed by atoms with Crippen LogP contribution in [-0.4, -0.2) is 9.31 Å². The van der Waals surface area contributed by atoms with E-state index in [-0.39, 0.29) is 10.1 Å². The van der Waals surface area contributed by atoms with Crippen molar-refractivity contribution in [3.63, 3.8) is 0 Å². The van der Waals surface area contributed by atoms with Crippen molar-refractivity contribution >= 4 is 11.8 Å². The fourth-order valence-electron chi connectivity index (χ4n) is 2.91. The molecule has 3 heteroatoms. The standard InChI is InChI=1S/C22H27N2S/c1-18(19-11-7-5-8-12-19)23-15-16-24(17-23)21(25-22(2,3)4)20-13-9-6-10-14-20/h5-18,21H,1-4H3/q+1/t18-,21-/m1/s1. The normalized spacial score (nSPS) is 14.2. The molecule has 0 aliphatic heterocycles. The van der Waals surface area contributed by atoms with Crippen molar-refractivity contribution in [1.82, 2.24) is 4.57 Å². The summed E-state index contributed by atoms with van der Waals surface area (Å²) in [6, 6.07) is 21.7. The quantitative estimate of drug-likeness (QED) is 0.554. The Bertz CT molecular complexity index is 788. The maximum atomic E-state index is 2.32. The Balaban J connectivity index is 1.91. The highest BCUT2D eigenvalue weighted by Crippen LogP contribution is 2.36. The van der Waals surface area contributed by atoms with Gasteiger partial charge >= 0.3 is 0 Å². The first-order valence-corrected chi connectivity index (χ1v) is 9.68. The Morgan fingerprint density at radius 3 is 2.00 bits per heavy atom. The number of aromatic nitrogens is 2. The molecule has 0 aliphatic rings. The van der Waals surface area contributed by atoms with Crippen LogP contribution < -0.4 is 4.57 Å². The molecule has 0 unspecified atom stereocenters. The highest BCUT2D eigenvalue weighted by Gasteiger charge is 2.27. The summed E-state index contributed by atoms with van der Waals surface area (Å²) < 4.78 is 4.79. The van der Waals surface area contributed by atoms with Crippen LogP contribution in [0.5, 0.6) is 0 Å². The lowest BCUT2D eigenvalue weighted by atomic mass is 10.1. The van der Waals surface area contributed by atoms with E-state index in [1.54, 1.807) is 0 Å². The zero-order chi connectivity index (χ0) is 17.9. The molecule has 2 atom stereocenters. The average Bonchev–Trinajstić information content (AvgIpc) is 3.09. The van der Waals surface area contributed by atoms with Crippen LogP contribution >= 0.6 is 11.8 Å². The van der Waals surface area contributed by atoms with Crippen molar-refractivity contribution in [3.05, 3.63) is 90.5 Å². The van der Waals surface area contributed by atoms with Crippen molar-refractivity contribution in [1.29, 1.82) is 0 Å². The molecule has 0 N–H and O–H groups in total. The fraction of sp³-hybridized carbons (Fsp3) is 0.318. The summed E-state index contributed by atoms with van der Waals surface area (Å²) in [4.78, 5) is 0. The zero-order valence-corrected chi connectivity index (χ0v) is 16.3. The summed E-state index contributed by atoms with van der Waals surface area (Å²) in [7, 11) is 0. The van der Waals surface area contributed by atoms with Crippen LogP contribution in [0.1, 0.15) is 50.2 Å². The van der Waals surface area contributed by atoms with Crippen LogP contribution in [-0.2, 0) is 0 Å². The van der Waals surface area contributed by atoms with Crippen LogP contribution in [0.15, 0.2) is 79.4 Å². The van der Waals surface area contributed by atoms with Crippen LogP contribution in [0.3, 0.4) is 0 Å². The summed E-state index contributed by atoms with van der Waals surface area (Å²) in [6.07, 6.45) is 6.60. The first kappa shape index (κ1) is 17.8. The fourth-order valence-corrected chi connectivity index (χ4v) is 4.12. The van der Waals surface area contributed by atoms with Gasteiger partial charge in [0.2, 0.25) is 6.33 Å². The molecule has 0 bridgehead atoms. The molecule has 2 nitrogen and oxygen atoms in total. The molecule has 130 valence electrons. The topological polar surface area (TPSA) is 8.81 Å². The molecule has 2 aromatic carbocycles. The third kappa shape index (κ3) is 4.55. The molecule has 3 aromatic rings. The summed E-state index contributed by atoms with van der Waals surface area (Å²) in [5.41, 5.74) is 2.66. The lowest BCUT2D eigenvalue weighted by molar-refractivity contribution is -0.691. The van der Waals surface area contributed by atoms with Gasteiger partial charge in [0, 0.05) is 10.3 Å². The van der Waals surface area contributed by atoms with E-state index >= 15 is 0 Å². The second-order valence-corrected chi connectivity index (χ2v) is 9.29. The van der Waals surface area contributed by atoms with Gasteiger partial charge < -0.3 is 0 Å². The van der Waals surface area contributed by atoms with E-state index in [0.717, 1.165) is 0 Å². The van der Waals surface area contributed by atoms with Crippen LogP contribution in [0.25, 0.3) is 0 Å². The number of imidazole rings is 1. The SMILES string of the molecule is C[C@H](c1ccccc1)n1cc[n+]([C@H](SC(C)(C)C)c2ccccc2)c1. The second kappa shape index (κ2) is 7.49. The molecule has 0 amide bonds. The van der Waals surface area contributed by atoms with E-state index < -0.39 is 0 Å². The molecule has 0 fully saturated rings. The van der Waals surface area contributed by atoms with E-state index in [9.17, 15) is 0 Å². The molecule has 0 saturated carbocycles.